The highest BCUT2D eigenvalue weighted by Crippen LogP contribution is 2.26. The number of aromatic amines is 1. The highest BCUT2D eigenvalue weighted by molar-refractivity contribution is 5.90. The molecule has 13 heteroatoms. The third kappa shape index (κ3) is 9.23. The molecule has 5 aromatic rings. The van der Waals surface area contributed by atoms with Gasteiger partial charge < -0.3 is 42.0 Å². The van der Waals surface area contributed by atoms with Gasteiger partial charge in [0.25, 0.3) is 0 Å². The van der Waals surface area contributed by atoms with Crippen LogP contribution >= 0.6 is 0 Å². The van der Waals surface area contributed by atoms with Crippen molar-refractivity contribution in [3.05, 3.63) is 112 Å². The maximum absolute atomic E-state index is 14.2. The first-order valence-corrected chi connectivity index (χ1v) is 16.2. The summed E-state index contributed by atoms with van der Waals surface area (Å²) in [4.78, 5) is 35.5. The van der Waals surface area contributed by atoms with Crippen LogP contribution in [0.5, 0.6) is 5.75 Å². The van der Waals surface area contributed by atoms with E-state index in [0.29, 0.717) is 38.1 Å². The Kier molecular flexibility index (Phi) is 11.3. The lowest BCUT2D eigenvalue weighted by Crippen LogP contribution is -2.53. The van der Waals surface area contributed by atoms with E-state index in [1.165, 1.54) is 0 Å². The molecule has 10 N–H and O–H groups in total. The summed E-state index contributed by atoms with van der Waals surface area (Å²) in [5.41, 5.74) is 16.9. The number of nitrogens with two attached hydrogens (primary N) is 2. The molecule has 0 saturated heterocycles. The monoisotopic (exact) mass is 665 g/mol. The second-order valence-corrected chi connectivity index (χ2v) is 12.2. The number of carbonyl (C=O) groups is 2. The molecule has 2 heterocycles. The lowest BCUT2D eigenvalue weighted by molar-refractivity contribution is -0.130. The number of H-pyrrole nitrogens is 1. The van der Waals surface area contributed by atoms with Crippen LogP contribution < -0.4 is 27.4 Å². The van der Waals surface area contributed by atoms with E-state index in [4.69, 9.17) is 21.4 Å². The van der Waals surface area contributed by atoms with Gasteiger partial charge in [-0.1, -0.05) is 53.7 Å². The topological polar surface area (TPSA) is 221 Å². The van der Waals surface area contributed by atoms with Crippen molar-refractivity contribution in [2.24, 2.45) is 11.5 Å². The molecule has 0 aliphatic carbocycles. The van der Waals surface area contributed by atoms with Gasteiger partial charge in [0, 0.05) is 42.9 Å². The Balaban J connectivity index is 1.42. The number of benzene rings is 3. The second kappa shape index (κ2) is 15.9. The lowest BCUT2D eigenvalue weighted by atomic mass is 9.95. The highest BCUT2D eigenvalue weighted by Gasteiger charge is 2.30. The van der Waals surface area contributed by atoms with Crippen molar-refractivity contribution in [3.63, 3.8) is 0 Å². The van der Waals surface area contributed by atoms with Gasteiger partial charge in [-0.05, 0) is 72.7 Å². The average Bonchev–Trinajstić information content (AvgIpc) is 3.71. The molecular weight excluding hydrogens is 622 g/mol. The number of carbonyl (C=O) groups excluding carboxylic acids is 2. The largest absolute Gasteiger partial charge is 0.508 e. The fourth-order valence-electron chi connectivity index (χ4n) is 5.91. The molecular formula is C36H43N9O4. The van der Waals surface area contributed by atoms with Crippen molar-refractivity contribution >= 4 is 28.7 Å². The number of nitrogens with zero attached hydrogens (tertiary/aromatic N) is 2. The maximum Gasteiger partial charge on any atom is 0.249 e. The number of para-hydroxylation sites is 1. The number of guanidine groups is 1. The van der Waals surface area contributed by atoms with E-state index in [2.05, 4.69) is 31.1 Å². The van der Waals surface area contributed by atoms with Crippen LogP contribution in [0.3, 0.4) is 0 Å². The van der Waals surface area contributed by atoms with Gasteiger partial charge in [-0.3, -0.25) is 15.0 Å². The van der Waals surface area contributed by atoms with Crippen LogP contribution in [-0.2, 0) is 28.9 Å². The number of fused-ring (bicyclic) bond motifs is 1. The van der Waals surface area contributed by atoms with Gasteiger partial charge in [0.05, 0.1) is 6.04 Å². The molecule has 0 radical (unpaired) electrons. The fraction of sp³-hybridized carbons (Fsp3) is 0.306. The first kappa shape index (κ1) is 34.6. The molecule has 0 saturated carbocycles. The number of phenolic OH excluding ortho intramolecular Hbond substituents is 1. The minimum Gasteiger partial charge on any atom is -0.508 e. The first-order valence-electron chi connectivity index (χ1n) is 16.2. The molecule has 0 fully saturated rings. The standard InChI is InChI=1S/C36H43N9O4/c1-21-15-25(46)16-22(2)27(21)19-30(42-33(47)28(37)12-8-14-40-36(38)39)34(48)43-31(18-24-20-41-29-13-7-6-11-26(24)29)35-44-32(45-49-35)17-23-9-4-3-5-10-23/h3-7,9-11,13,15-16,20,28,30-31,41,46H,8,12,14,17-19,37H2,1-2H3,(H,42,47)(H,43,48)(H4,38,39,40)/t28-,30+,31+/m1/s1. The van der Waals surface area contributed by atoms with Crippen molar-refractivity contribution in [2.45, 2.75) is 64.1 Å². The van der Waals surface area contributed by atoms with Crippen molar-refractivity contribution in [2.75, 3.05) is 6.54 Å². The first-order chi connectivity index (χ1) is 23.6. The minimum absolute atomic E-state index is 0.117. The van der Waals surface area contributed by atoms with E-state index < -0.39 is 29.9 Å². The van der Waals surface area contributed by atoms with Gasteiger partial charge in [-0.15, -0.1) is 0 Å². The summed E-state index contributed by atoms with van der Waals surface area (Å²) in [7, 11) is 0. The van der Waals surface area contributed by atoms with Crippen molar-refractivity contribution in [1.82, 2.24) is 31.1 Å². The maximum atomic E-state index is 14.2. The van der Waals surface area contributed by atoms with Crippen molar-refractivity contribution in [3.8, 4) is 5.75 Å². The minimum atomic E-state index is -1.02. The Labute approximate surface area is 284 Å². The fourth-order valence-corrected chi connectivity index (χ4v) is 5.91. The predicted octanol–water partition coefficient (Wildman–Crippen LogP) is 3.18. The zero-order valence-corrected chi connectivity index (χ0v) is 27.6. The highest BCUT2D eigenvalue weighted by atomic mass is 16.5. The molecule has 49 heavy (non-hydrogen) atoms. The number of hydrogen-bond acceptors (Lipinski definition) is 8. The van der Waals surface area contributed by atoms with Gasteiger partial charge in [0.1, 0.15) is 17.8 Å². The van der Waals surface area contributed by atoms with Crippen LogP contribution in [0.4, 0.5) is 0 Å². The number of aryl methyl sites for hydroxylation is 2. The molecule has 0 aliphatic heterocycles. The van der Waals surface area contributed by atoms with Crippen LogP contribution in [0.15, 0.2) is 77.4 Å². The number of aromatic hydroxyl groups is 1. The normalized spacial score (nSPS) is 13.0. The van der Waals surface area contributed by atoms with E-state index >= 15 is 0 Å². The molecule has 5 rings (SSSR count). The van der Waals surface area contributed by atoms with Gasteiger partial charge in [0.15, 0.2) is 11.8 Å². The van der Waals surface area contributed by atoms with Crippen molar-refractivity contribution < 1.29 is 19.2 Å². The van der Waals surface area contributed by atoms with Crippen LogP contribution in [0.1, 0.15) is 58.4 Å². The third-order valence-corrected chi connectivity index (χ3v) is 8.47. The molecule has 0 unspecified atom stereocenters. The zero-order chi connectivity index (χ0) is 34.9. The van der Waals surface area contributed by atoms with E-state index in [1.807, 2.05) is 74.6 Å². The second-order valence-electron chi connectivity index (χ2n) is 12.2. The molecule has 2 amide bonds. The molecule has 2 aromatic heterocycles. The number of amides is 2. The quantitative estimate of drug-likeness (QED) is 0.0467. The van der Waals surface area contributed by atoms with Crippen LogP contribution in [-0.4, -0.2) is 56.6 Å². The van der Waals surface area contributed by atoms with Crippen molar-refractivity contribution in [1.29, 1.82) is 5.41 Å². The van der Waals surface area contributed by atoms with Gasteiger partial charge in [-0.25, -0.2) is 0 Å². The van der Waals surface area contributed by atoms with E-state index in [0.717, 1.165) is 38.7 Å². The number of nitrogens with one attached hydrogen (secondary N) is 5. The third-order valence-electron chi connectivity index (χ3n) is 8.47. The molecule has 0 aliphatic rings. The van der Waals surface area contributed by atoms with E-state index in [1.54, 1.807) is 12.1 Å². The van der Waals surface area contributed by atoms with Gasteiger partial charge >= 0.3 is 0 Å². The summed E-state index contributed by atoms with van der Waals surface area (Å²) in [6, 6.07) is 18.3. The van der Waals surface area contributed by atoms with E-state index in [-0.39, 0.29) is 24.0 Å². The Morgan fingerprint density at radius 3 is 2.45 bits per heavy atom. The summed E-state index contributed by atoms with van der Waals surface area (Å²) >= 11 is 0. The summed E-state index contributed by atoms with van der Waals surface area (Å²) in [5.74, 6) is -0.283. The summed E-state index contributed by atoms with van der Waals surface area (Å²) < 4.78 is 5.75. The smallest absolute Gasteiger partial charge is 0.249 e. The lowest BCUT2D eigenvalue weighted by Gasteiger charge is -2.24. The van der Waals surface area contributed by atoms with Crippen LogP contribution in [0.25, 0.3) is 10.9 Å². The summed E-state index contributed by atoms with van der Waals surface area (Å²) in [6.07, 6.45) is 3.65. The molecule has 3 aromatic carbocycles. The summed E-state index contributed by atoms with van der Waals surface area (Å²) in [5, 5.41) is 31.3. The zero-order valence-electron chi connectivity index (χ0n) is 27.6. The Morgan fingerprint density at radius 1 is 1.00 bits per heavy atom. The average molecular weight is 666 g/mol. The predicted molar refractivity (Wildman–Crippen MR) is 187 cm³/mol. The van der Waals surface area contributed by atoms with Gasteiger partial charge in [-0.2, -0.15) is 4.98 Å². The number of phenols is 1. The van der Waals surface area contributed by atoms with E-state index in [9.17, 15) is 14.7 Å². The number of hydrogen-bond donors (Lipinski definition) is 8. The Bertz CT molecular complexity index is 1880. The summed E-state index contributed by atoms with van der Waals surface area (Å²) in [6.45, 7) is 4.08. The molecule has 13 nitrogen and oxygen atoms in total. The molecule has 3 atom stereocenters. The Hall–Kier alpha value is -5.69. The van der Waals surface area contributed by atoms with Crippen LogP contribution in [0, 0.1) is 19.3 Å². The molecule has 0 bridgehead atoms. The van der Waals surface area contributed by atoms with Crippen LogP contribution in [0.2, 0.25) is 0 Å². The Morgan fingerprint density at radius 2 is 1.71 bits per heavy atom. The molecule has 0 spiro atoms. The number of aromatic nitrogens is 3. The number of rotatable bonds is 15. The van der Waals surface area contributed by atoms with Gasteiger partial charge in [0.2, 0.25) is 17.7 Å². The SMILES string of the molecule is Cc1cc(O)cc(C)c1C[C@H](NC(=O)[C@H](N)CCCNC(=N)N)C(=O)N[C@@H](Cc1c[nH]c2ccccc12)c1nc(Cc2ccccc2)no1. The molecule has 256 valence electrons.